The Labute approximate surface area is 170 Å². The average molecular weight is 425 g/mol. The molecule has 0 unspecified atom stereocenters. The average Bonchev–Trinajstić information content (AvgIpc) is 2.96. The number of aryl methyl sites for hydroxylation is 1. The maximum atomic E-state index is 12.5. The van der Waals surface area contributed by atoms with Crippen LogP contribution in [0.1, 0.15) is 44.1 Å². The van der Waals surface area contributed by atoms with Crippen molar-refractivity contribution in [2.45, 2.75) is 51.3 Å². The highest BCUT2D eigenvalue weighted by Gasteiger charge is 2.25. The number of carbonyl (C=O) groups is 1. The second-order valence-corrected chi connectivity index (χ2v) is 10.1. The molecule has 1 aliphatic carbocycles. The minimum atomic E-state index is -3.66. The van der Waals surface area contributed by atoms with Crippen LogP contribution >= 0.6 is 11.6 Å². The molecule has 0 saturated heterocycles. The van der Waals surface area contributed by atoms with Gasteiger partial charge in [-0.3, -0.25) is 4.79 Å². The van der Waals surface area contributed by atoms with Gasteiger partial charge in [0.2, 0.25) is 11.8 Å². The van der Waals surface area contributed by atoms with Crippen molar-refractivity contribution in [3.8, 4) is 11.5 Å². The van der Waals surface area contributed by atoms with Crippen LogP contribution < -0.4 is 5.32 Å². The number of sulfone groups is 1. The molecule has 1 heterocycles. The molecule has 0 aliphatic heterocycles. The van der Waals surface area contributed by atoms with Crippen LogP contribution in [-0.2, 0) is 20.4 Å². The van der Waals surface area contributed by atoms with Crippen LogP contribution in [0.4, 0.5) is 0 Å². The van der Waals surface area contributed by atoms with Crippen LogP contribution in [-0.4, -0.2) is 31.1 Å². The molecule has 1 N–H and O–H groups in total. The Kier molecular flexibility index (Phi) is 6.45. The molecular formula is C20H25ClN2O4S. The Morgan fingerprint density at radius 1 is 1.29 bits per heavy atom. The van der Waals surface area contributed by atoms with Crippen LogP contribution in [0.3, 0.4) is 0 Å². The summed E-state index contributed by atoms with van der Waals surface area (Å²) in [6, 6.07) is 7.06. The SMILES string of the molecule is Cc1oc(-c2cccc(Cl)c2)nc1CS(=O)(=O)CC(=O)NC1CCC(C)CC1. The van der Waals surface area contributed by atoms with Gasteiger partial charge in [0.1, 0.15) is 11.5 Å². The Bertz CT molecular complexity index is 947. The first-order chi connectivity index (χ1) is 13.2. The van der Waals surface area contributed by atoms with E-state index in [1.807, 2.05) is 0 Å². The van der Waals surface area contributed by atoms with Crippen molar-refractivity contribution in [3.63, 3.8) is 0 Å². The van der Waals surface area contributed by atoms with Crippen LogP contribution in [0.2, 0.25) is 5.02 Å². The number of oxazole rings is 1. The molecule has 1 saturated carbocycles. The van der Waals surface area contributed by atoms with Gasteiger partial charge in [-0.2, -0.15) is 0 Å². The number of nitrogens with one attached hydrogen (secondary N) is 1. The third kappa shape index (κ3) is 5.58. The second kappa shape index (κ2) is 8.66. The van der Waals surface area contributed by atoms with Gasteiger partial charge in [-0.25, -0.2) is 13.4 Å². The second-order valence-electron chi connectivity index (χ2n) is 7.59. The number of rotatable bonds is 6. The number of hydrogen-bond acceptors (Lipinski definition) is 5. The largest absolute Gasteiger partial charge is 0.441 e. The van der Waals surface area contributed by atoms with E-state index < -0.39 is 21.5 Å². The monoisotopic (exact) mass is 424 g/mol. The van der Waals surface area contributed by atoms with E-state index in [0.717, 1.165) is 25.7 Å². The maximum absolute atomic E-state index is 12.5. The van der Waals surface area contributed by atoms with Crippen LogP contribution in [0.15, 0.2) is 28.7 Å². The standard InChI is InChI=1S/C20H25ClN2O4S/c1-13-6-8-17(9-7-13)22-19(24)12-28(25,26)11-18-14(2)27-20(23-18)15-4-3-5-16(21)10-15/h3-5,10,13,17H,6-9,11-12H2,1-2H3,(H,22,24). The van der Waals surface area contributed by atoms with Gasteiger partial charge in [-0.1, -0.05) is 24.6 Å². The fraction of sp³-hybridized carbons (Fsp3) is 0.500. The molecule has 0 radical (unpaired) electrons. The van der Waals surface area contributed by atoms with Crippen LogP contribution in [0, 0.1) is 12.8 Å². The molecule has 1 aromatic carbocycles. The summed E-state index contributed by atoms with van der Waals surface area (Å²) in [7, 11) is -3.66. The zero-order valence-electron chi connectivity index (χ0n) is 16.1. The van der Waals surface area contributed by atoms with Crippen molar-refractivity contribution in [3.05, 3.63) is 40.7 Å². The molecule has 1 amide bonds. The molecule has 1 fully saturated rings. The Balaban J connectivity index is 1.63. The van der Waals surface area contributed by atoms with Gasteiger partial charge in [0, 0.05) is 16.6 Å². The van der Waals surface area contributed by atoms with E-state index in [0.29, 0.717) is 33.8 Å². The lowest BCUT2D eigenvalue weighted by Gasteiger charge is -2.26. The van der Waals surface area contributed by atoms with Crippen molar-refractivity contribution >= 4 is 27.3 Å². The van der Waals surface area contributed by atoms with E-state index in [-0.39, 0.29) is 11.8 Å². The molecule has 0 bridgehead atoms. The molecule has 8 heteroatoms. The molecule has 0 spiro atoms. The highest BCUT2D eigenvalue weighted by atomic mass is 35.5. The van der Waals surface area contributed by atoms with Crippen molar-refractivity contribution < 1.29 is 17.6 Å². The first-order valence-corrected chi connectivity index (χ1v) is 11.6. The lowest BCUT2D eigenvalue weighted by molar-refractivity contribution is -0.119. The molecule has 2 aromatic rings. The van der Waals surface area contributed by atoms with Crippen molar-refractivity contribution in [2.24, 2.45) is 5.92 Å². The van der Waals surface area contributed by atoms with E-state index in [2.05, 4.69) is 17.2 Å². The maximum Gasteiger partial charge on any atom is 0.235 e. The van der Waals surface area contributed by atoms with Gasteiger partial charge in [-0.05, 0) is 56.7 Å². The number of carbonyl (C=O) groups excluding carboxylic acids is 1. The summed E-state index contributed by atoms with van der Waals surface area (Å²) in [4.78, 5) is 16.5. The summed E-state index contributed by atoms with van der Waals surface area (Å²) in [5, 5.41) is 3.39. The highest BCUT2D eigenvalue weighted by Crippen LogP contribution is 2.26. The first-order valence-electron chi connectivity index (χ1n) is 9.44. The summed E-state index contributed by atoms with van der Waals surface area (Å²) in [5.74, 6) is 0.0678. The summed E-state index contributed by atoms with van der Waals surface area (Å²) < 4.78 is 30.6. The summed E-state index contributed by atoms with van der Waals surface area (Å²) in [6.45, 7) is 3.86. The van der Waals surface area contributed by atoms with Gasteiger partial charge in [0.25, 0.3) is 0 Å². The van der Waals surface area contributed by atoms with E-state index in [1.54, 1.807) is 31.2 Å². The number of halogens is 1. The Morgan fingerprint density at radius 2 is 2.00 bits per heavy atom. The zero-order chi connectivity index (χ0) is 20.3. The Hall–Kier alpha value is -1.86. The number of nitrogens with zero attached hydrogens (tertiary/aromatic N) is 1. The summed E-state index contributed by atoms with van der Waals surface area (Å²) in [6.07, 6.45) is 3.92. The smallest absolute Gasteiger partial charge is 0.235 e. The van der Waals surface area contributed by atoms with Gasteiger partial charge < -0.3 is 9.73 Å². The van der Waals surface area contributed by atoms with Gasteiger partial charge >= 0.3 is 0 Å². The number of amides is 1. The first kappa shape index (κ1) is 20.9. The summed E-state index contributed by atoms with van der Waals surface area (Å²) >= 11 is 5.98. The highest BCUT2D eigenvalue weighted by molar-refractivity contribution is 7.91. The quantitative estimate of drug-likeness (QED) is 0.759. The van der Waals surface area contributed by atoms with E-state index >= 15 is 0 Å². The molecule has 6 nitrogen and oxygen atoms in total. The molecule has 1 aromatic heterocycles. The number of hydrogen-bond donors (Lipinski definition) is 1. The van der Waals surface area contributed by atoms with E-state index in [4.69, 9.17) is 16.0 Å². The minimum Gasteiger partial charge on any atom is -0.441 e. The van der Waals surface area contributed by atoms with Gasteiger partial charge in [-0.15, -0.1) is 0 Å². The fourth-order valence-electron chi connectivity index (χ4n) is 3.44. The van der Waals surface area contributed by atoms with Gasteiger partial charge in [0.05, 0.1) is 11.4 Å². The fourth-order valence-corrected chi connectivity index (χ4v) is 4.90. The molecule has 28 heavy (non-hydrogen) atoms. The van der Waals surface area contributed by atoms with Crippen molar-refractivity contribution in [1.82, 2.24) is 10.3 Å². The topological polar surface area (TPSA) is 89.3 Å². The molecule has 152 valence electrons. The molecule has 3 rings (SSSR count). The zero-order valence-corrected chi connectivity index (χ0v) is 17.6. The lowest BCUT2D eigenvalue weighted by Crippen LogP contribution is -2.40. The van der Waals surface area contributed by atoms with Crippen LogP contribution in [0.5, 0.6) is 0 Å². The normalized spacial score (nSPS) is 20.1. The van der Waals surface area contributed by atoms with E-state index in [9.17, 15) is 13.2 Å². The third-order valence-corrected chi connectivity index (χ3v) is 6.70. The predicted octanol–water partition coefficient (Wildman–Crippen LogP) is 3.91. The van der Waals surface area contributed by atoms with E-state index in [1.165, 1.54) is 0 Å². The van der Waals surface area contributed by atoms with Crippen molar-refractivity contribution in [1.29, 1.82) is 0 Å². The molecule has 1 aliphatic rings. The molecule has 0 atom stereocenters. The Morgan fingerprint density at radius 3 is 2.68 bits per heavy atom. The lowest BCUT2D eigenvalue weighted by atomic mass is 9.87. The number of benzene rings is 1. The predicted molar refractivity (Wildman–Crippen MR) is 109 cm³/mol. The number of aromatic nitrogens is 1. The minimum absolute atomic E-state index is 0.0714. The summed E-state index contributed by atoms with van der Waals surface area (Å²) in [5.41, 5.74) is 0.984. The van der Waals surface area contributed by atoms with Gasteiger partial charge in [0.15, 0.2) is 9.84 Å². The van der Waals surface area contributed by atoms with Crippen LogP contribution in [0.25, 0.3) is 11.5 Å². The molecular weight excluding hydrogens is 400 g/mol. The van der Waals surface area contributed by atoms with Crippen molar-refractivity contribution in [2.75, 3.05) is 5.75 Å². The third-order valence-electron chi connectivity index (χ3n) is 5.05.